The fourth-order valence-corrected chi connectivity index (χ4v) is 4.48. The van der Waals surface area contributed by atoms with Crippen molar-refractivity contribution in [3.63, 3.8) is 0 Å². The van der Waals surface area contributed by atoms with Gasteiger partial charge in [-0.3, -0.25) is 4.79 Å². The molecule has 7 nitrogen and oxygen atoms in total. The molecule has 128 valence electrons. The summed E-state index contributed by atoms with van der Waals surface area (Å²) in [6, 6.07) is 6.12. The van der Waals surface area contributed by atoms with Crippen LogP contribution in [0.4, 0.5) is 0 Å². The lowest BCUT2D eigenvalue weighted by Gasteiger charge is -2.11. The molecule has 0 saturated carbocycles. The van der Waals surface area contributed by atoms with Crippen LogP contribution < -0.4 is 10.0 Å². The number of hydrogen-bond acceptors (Lipinski definition) is 5. The molecule has 0 spiro atoms. The number of H-pyrrole nitrogens is 1. The third-order valence-corrected chi connectivity index (χ3v) is 6.26. The summed E-state index contributed by atoms with van der Waals surface area (Å²) in [6.45, 7) is 0.0803. The topological polar surface area (TPSA) is 104 Å². The van der Waals surface area contributed by atoms with E-state index in [1.807, 2.05) is 11.8 Å². The number of carbonyl (C=O) groups is 1. The van der Waals surface area contributed by atoms with Crippen molar-refractivity contribution >= 4 is 27.7 Å². The van der Waals surface area contributed by atoms with E-state index in [1.165, 1.54) is 24.3 Å². The zero-order chi connectivity index (χ0) is 17.0. The van der Waals surface area contributed by atoms with Gasteiger partial charge in [-0.1, -0.05) is 0 Å². The molecular weight excluding hydrogens is 348 g/mol. The van der Waals surface area contributed by atoms with Gasteiger partial charge >= 0.3 is 0 Å². The number of hydrogen-bond donors (Lipinski definition) is 3. The van der Waals surface area contributed by atoms with E-state index < -0.39 is 10.0 Å². The van der Waals surface area contributed by atoms with Crippen LogP contribution in [0.15, 0.2) is 41.6 Å². The normalized spacial score (nSPS) is 17.8. The summed E-state index contributed by atoms with van der Waals surface area (Å²) in [5.74, 6) is 2.34. The summed E-state index contributed by atoms with van der Waals surface area (Å²) < 4.78 is 26.9. The fraction of sp³-hybridized carbons (Fsp3) is 0.333. The van der Waals surface area contributed by atoms with Crippen molar-refractivity contribution in [2.45, 2.75) is 23.9 Å². The second-order valence-corrected chi connectivity index (χ2v) is 8.34. The van der Waals surface area contributed by atoms with Crippen LogP contribution in [0.5, 0.6) is 0 Å². The Hall–Kier alpha value is -1.84. The Bertz CT molecular complexity index is 783. The maximum atomic E-state index is 12.2. The predicted octanol–water partition coefficient (Wildman–Crippen LogP) is 1.12. The van der Waals surface area contributed by atoms with Crippen LogP contribution in [0, 0.1) is 0 Å². The van der Waals surface area contributed by atoms with Gasteiger partial charge < -0.3 is 10.3 Å². The molecule has 2 heterocycles. The van der Waals surface area contributed by atoms with Gasteiger partial charge in [0.1, 0.15) is 5.82 Å². The summed E-state index contributed by atoms with van der Waals surface area (Å²) >= 11 is 1.82. The number of nitrogens with one attached hydrogen (secondary N) is 3. The van der Waals surface area contributed by atoms with Crippen molar-refractivity contribution in [3.05, 3.63) is 48.0 Å². The third-order valence-electron chi connectivity index (χ3n) is 3.68. The molecule has 1 fully saturated rings. The molecule has 3 rings (SSSR count). The van der Waals surface area contributed by atoms with Crippen LogP contribution >= 0.6 is 11.8 Å². The molecule has 1 amide bonds. The average Bonchev–Trinajstić information content (AvgIpc) is 3.27. The minimum absolute atomic E-state index is 0.0803. The molecule has 3 N–H and O–H groups in total. The van der Waals surface area contributed by atoms with Gasteiger partial charge in [-0.15, -0.1) is 0 Å². The first kappa shape index (κ1) is 17.0. The van der Waals surface area contributed by atoms with Gasteiger partial charge in [0.2, 0.25) is 10.0 Å². The summed E-state index contributed by atoms with van der Waals surface area (Å²) in [5, 5.41) is 2.96. The van der Waals surface area contributed by atoms with E-state index in [1.54, 1.807) is 12.4 Å². The number of rotatable bonds is 6. The molecule has 0 bridgehead atoms. The van der Waals surface area contributed by atoms with E-state index in [2.05, 4.69) is 20.0 Å². The molecule has 1 atom stereocenters. The molecule has 1 aliphatic rings. The summed E-state index contributed by atoms with van der Waals surface area (Å²) in [5.41, 5.74) is 0.455. The van der Waals surface area contributed by atoms with Crippen molar-refractivity contribution in [2.24, 2.45) is 0 Å². The van der Waals surface area contributed by atoms with Crippen LogP contribution in [-0.4, -0.2) is 41.8 Å². The van der Waals surface area contributed by atoms with Crippen LogP contribution in [0.1, 0.15) is 22.6 Å². The van der Waals surface area contributed by atoms with E-state index in [0.717, 1.165) is 17.9 Å². The number of thioether (sulfide) groups is 1. The highest BCUT2D eigenvalue weighted by Gasteiger charge is 2.19. The highest BCUT2D eigenvalue weighted by Crippen LogP contribution is 2.18. The number of aromatic nitrogens is 2. The summed E-state index contributed by atoms with van der Waals surface area (Å²) in [7, 11) is -3.65. The lowest BCUT2D eigenvalue weighted by molar-refractivity contribution is 0.0941. The van der Waals surface area contributed by atoms with Crippen molar-refractivity contribution in [3.8, 4) is 0 Å². The van der Waals surface area contributed by atoms with Gasteiger partial charge in [-0.05, 0) is 36.4 Å². The Balaban J connectivity index is 1.63. The molecule has 1 aliphatic heterocycles. The Labute approximate surface area is 144 Å². The monoisotopic (exact) mass is 366 g/mol. The SMILES string of the molecule is O=C(N[C@H]1CCSC1)c1ccc(S(=O)(=O)NCc2ncc[nH]2)cc1. The van der Waals surface area contributed by atoms with Gasteiger partial charge in [0.15, 0.2) is 0 Å². The van der Waals surface area contributed by atoms with Crippen molar-refractivity contribution < 1.29 is 13.2 Å². The first-order valence-corrected chi connectivity index (χ1v) is 10.1. The van der Waals surface area contributed by atoms with Crippen LogP contribution in [-0.2, 0) is 16.6 Å². The number of benzene rings is 1. The number of imidazole rings is 1. The number of nitrogens with zero attached hydrogens (tertiary/aromatic N) is 1. The van der Waals surface area contributed by atoms with Crippen molar-refractivity contribution in [2.75, 3.05) is 11.5 Å². The molecular formula is C15H18N4O3S2. The molecule has 9 heteroatoms. The Kier molecular flexibility index (Phi) is 5.22. The molecule has 1 aromatic heterocycles. The standard InChI is InChI=1S/C15H18N4O3S2/c20-15(19-12-5-8-23-10-12)11-1-3-13(4-2-11)24(21,22)18-9-14-16-6-7-17-14/h1-4,6-7,12,18H,5,8-10H2,(H,16,17)(H,19,20)/t12-/m0/s1. The largest absolute Gasteiger partial charge is 0.348 e. The quantitative estimate of drug-likeness (QED) is 0.711. The van der Waals surface area contributed by atoms with Crippen LogP contribution in [0.2, 0.25) is 0 Å². The van der Waals surface area contributed by atoms with Gasteiger partial charge in [0.05, 0.1) is 11.4 Å². The van der Waals surface area contributed by atoms with Crippen molar-refractivity contribution in [1.29, 1.82) is 0 Å². The lowest BCUT2D eigenvalue weighted by atomic mass is 10.2. The minimum atomic E-state index is -3.65. The van der Waals surface area contributed by atoms with Gasteiger partial charge in [0.25, 0.3) is 5.91 Å². The van der Waals surface area contributed by atoms with Gasteiger partial charge in [0, 0.05) is 29.8 Å². The number of amides is 1. The highest BCUT2D eigenvalue weighted by atomic mass is 32.2. The summed E-state index contributed by atoms with van der Waals surface area (Å²) in [6.07, 6.45) is 4.15. The molecule has 0 unspecified atom stereocenters. The first-order chi connectivity index (χ1) is 11.5. The minimum Gasteiger partial charge on any atom is -0.348 e. The highest BCUT2D eigenvalue weighted by molar-refractivity contribution is 7.99. The zero-order valence-corrected chi connectivity index (χ0v) is 14.5. The van der Waals surface area contributed by atoms with E-state index >= 15 is 0 Å². The maximum Gasteiger partial charge on any atom is 0.251 e. The van der Waals surface area contributed by atoms with Gasteiger partial charge in [-0.25, -0.2) is 18.1 Å². The summed E-state index contributed by atoms with van der Waals surface area (Å²) in [4.78, 5) is 19.0. The smallest absolute Gasteiger partial charge is 0.251 e. The lowest BCUT2D eigenvalue weighted by Crippen LogP contribution is -2.34. The van der Waals surface area contributed by atoms with E-state index in [0.29, 0.717) is 11.4 Å². The molecule has 2 aromatic rings. The number of aromatic amines is 1. The Morgan fingerprint density at radius 2 is 2.12 bits per heavy atom. The zero-order valence-electron chi connectivity index (χ0n) is 12.9. The van der Waals surface area contributed by atoms with Crippen LogP contribution in [0.25, 0.3) is 0 Å². The third kappa shape index (κ3) is 4.16. The van der Waals surface area contributed by atoms with Crippen molar-refractivity contribution in [1.82, 2.24) is 20.0 Å². The molecule has 24 heavy (non-hydrogen) atoms. The number of sulfonamides is 1. The van der Waals surface area contributed by atoms with E-state index in [9.17, 15) is 13.2 Å². The molecule has 0 aliphatic carbocycles. The average molecular weight is 366 g/mol. The Morgan fingerprint density at radius 1 is 1.33 bits per heavy atom. The second-order valence-electron chi connectivity index (χ2n) is 5.42. The predicted molar refractivity (Wildman–Crippen MR) is 92.3 cm³/mol. The van der Waals surface area contributed by atoms with Crippen LogP contribution in [0.3, 0.4) is 0 Å². The second kappa shape index (κ2) is 7.37. The molecule has 1 aromatic carbocycles. The van der Waals surface area contributed by atoms with E-state index in [-0.39, 0.29) is 23.4 Å². The maximum absolute atomic E-state index is 12.2. The fourth-order valence-electron chi connectivity index (χ4n) is 2.34. The number of carbonyl (C=O) groups excluding carboxylic acids is 1. The van der Waals surface area contributed by atoms with E-state index in [4.69, 9.17) is 0 Å². The van der Waals surface area contributed by atoms with Gasteiger partial charge in [-0.2, -0.15) is 11.8 Å². The molecule has 0 radical (unpaired) electrons. The first-order valence-electron chi connectivity index (χ1n) is 7.51. The molecule has 1 saturated heterocycles. The Morgan fingerprint density at radius 3 is 2.75 bits per heavy atom.